The number of hydrogen-bond acceptors (Lipinski definition) is 7. The van der Waals surface area contributed by atoms with Crippen LogP contribution in [-0.2, 0) is 26.3 Å². The minimum Gasteiger partial charge on any atom is -0.369 e. The van der Waals surface area contributed by atoms with Gasteiger partial charge in [-0.3, -0.25) is 4.79 Å². The first-order valence-electron chi connectivity index (χ1n) is 9.91. The van der Waals surface area contributed by atoms with Gasteiger partial charge in [0.1, 0.15) is 5.82 Å². The maximum absolute atomic E-state index is 13.2. The number of halogens is 1. The average Bonchev–Trinajstić information content (AvgIpc) is 2.78. The number of ether oxygens (including phenoxy) is 1. The Labute approximate surface area is 192 Å². The Kier molecular flexibility index (Phi) is 7.70. The molecule has 10 nitrogen and oxygen atoms in total. The number of rotatable bonds is 9. The summed E-state index contributed by atoms with van der Waals surface area (Å²) in [7, 11) is -3.00. The van der Waals surface area contributed by atoms with Crippen LogP contribution in [0, 0.1) is 0 Å². The highest BCUT2D eigenvalue weighted by atomic mass is 35.5. The molecule has 2 aromatic rings. The summed E-state index contributed by atoms with van der Waals surface area (Å²) in [6.07, 6.45) is 0.812. The van der Waals surface area contributed by atoms with E-state index in [1.807, 2.05) is 11.0 Å². The van der Waals surface area contributed by atoms with Crippen molar-refractivity contribution >= 4 is 33.5 Å². The molecule has 2 heterocycles. The number of nitrogens with zero attached hydrogens (tertiary/aromatic N) is 4. The van der Waals surface area contributed by atoms with Crippen molar-refractivity contribution in [2.75, 3.05) is 38.1 Å². The van der Waals surface area contributed by atoms with E-state index in [-0.39, 0.29) is 19.7 Å². The van der Waals surface area contributed by atoms with E-state index in [0.29, 0.717) is 33.8 Å². The number of hydrogen-bond donors (Lipinski definition) is 2. The van der Waals surface area contributed by atoms with Gasteiger partial charge in [-0.1, -0.05) is 41.9 Å². The molecule has 0 unspecified atom stereocenters. The molecule has 1 aliphatic heterocycles. The van der Waals surface area contributed by atoms with E-state index in [4.69, 9.17) is 22.1 Å². The van der Waals surface area contributed by atoms with Crippen LogP contribution in [0.3, 0.4) is 0 Å². The first-order valence-corrected chi connectivity index (χ1v) is 11.7. The number of carbonyl (C=O) groups excluding carboxylic acids is 1. The molecule has 12 heteroatoms. The van der Waals surface area contributed by atoms with Gasteiger partial charge in [-0.05, 0) is 17.7 Å². The van der Waals surface area contributed by atoms with Crippen molar-refractivity contribution in [2.45, 2.75) is 18.9 Å². The summed E-state index contributed by atoms with van der Waals surface area (Å²) in [5.74, 6) is -2.65. The average molecular weight is 484 g/mol. The lowest BCUT2D eigenvalue weighted by molar-refractivity contribution is -0.268. The first kappa shape index (κ1) is 24.4. The zero-order valence-corrected chi connectivity index (χ0v) is 19.2. The summed E-state index contributed by atoms with van der Waals surface area (Å²) < 4.78 is 33.8. The Morgan fingerprint density at radius 2 is 1.88 bits per heavy atom. The number of pyridine rings is 1. The number of piperazine rings is 1. The zero-order chi connectivity index (χ0) is 23.4. The van der Waals surface area contributed by atoms with Crippen LogP contribution in [0.4, 0.5) is 5.82 Å². The summed E-state index contributed by atoms with van der Waals surface area (Å²) >= 11 is 5.87. The van der Waals surface area contributed by atoms with E-state index in [9.17, 15) is 18.3 Å². The number of carbonyl (C=O) groups is 1. The molecule has 1 aliphatic rings. The second kappa shape index (κ2) is 10.1. The molecule has 1 saturated heterocycles. The van der Waals surface area contributed by atoms with Gasteiger partial charge in [0.25, 0.3) is 16.1 Å². The summed E-state index contributed by atoms with van der Waals surface area (Å²) in [6.45, 7) is 0.979. The molecule has 1 atom stereocenters. The van der Waals surface area contributed by atoms with Crippen molar-refractivity contribution < 1.29 is 23.1 Å². The number of anilines is 1. The zero-order valence-electron chi connectivity index (χ0n) is 17.6. The second-order valence-corrected chi connectivity index (χ2v) is 9.75. The maximum Gasteiger partial charge on any atom is 0.286 e. The van der Waals surface area contributed by atoms with Crippen molar-refractivity contribution in [3.8, 4) is 0 Å². The number of benzene rings is 1. The number of aromatic nitrogens is 1. The molecule has 0 bridgehead atoms. The van der Waals surface area contributed by atoms with Crippen molar-refractivity contribution in [3.63, 3.8) is 0 Å². The Morgan fingerprint density at radius 1 is 1.22 bits per heavy atom. The molecule has 1 fully saturated rings. The molecule has 0 spiro atoms. The first-order chi connectivity index (χ1) is 15.1. The lowest BCUT2D eigenvalue weighted by atomic mass is 10.2. The van der Waals surface area contributed by atoms with Crippen LogP contribution in [0.2, 0.25) is 5.02 Å². The van der Waals surface area contributed by atoms with E-state index in [0.717, 1.165) is 7.05 Å². The Hall–Kier alpha value is -2.28. The molecule has 3 rings (SSSR count). The van der Waals surface area contributed by atoms with E-state index >= 15 is 0 Å². The largest absolute Gasteiger partial charge is 0.369 e. The highest BCUT2D eigenvalue weighted by Gasteiger charge is 2.45. The van der Waals surface area contributed by atoms with Crippen LogP contribution in [-0.4, -0.2) is 72.2 Å². The Balaban J connectivity index is 1.71. The lowest BCUT2D eigenvalue weighted by Crippen LogP contribution is -2.60. The molecule has 0 saturated carbocycles. The summed E-state index contributed by atoms with van der Waals surface area (Å²) in [4.78, 5) is 17.8. The SMILES string of the molecule is CN([C@](O)(CC(N)=O)OCc1ccccc1)S(=O)(=O)N1CCN(c2ccc(Cl)cn2)CC1. The van der Waals surface area contributed by atoms with Crippen LogP contribution in [0.5, 0.6) is 0 Å². The summed E-state index contributed by atoms with van der Waals surface area (Å²) in [5, 5.41) is 11.5. The second-order valence-electron chi connectivity index (χ2n) is 7.36. The van der Waals surface area contributed by atoms with Gasteiger partial charge in [0.15, 0.2) is 0 Å². The van der Waals surface area contributed by atoms with Crippen LogP contribution in [0.1, 0.15) is 12.0 Å². The fourth-order valence-corrected chi connectivity index (χ4v) is 4.87. The molecular formula is C20H26ClN5O5S. The third-order valence-electron chi connectivity index (χ3n) is 5.16. The number of amides is 1. The van der Waals surface area contributed by atoms with E-state index < -0.39 is 28.4 Å². The van der Waals surface area contributed by atoms with Gasteiger partial charge in [-0.15, -0.1) is 4.31 Å². The normalized spacial score (nSPS) is 17.3. The number of primary amides is 1. The molecule has 174 valence electrons. The minimum atomic E-state index is -4.17. The highest BCUT2D eigenvalue weighted by Crippen LogP contribution is 2.26. The van der Waals surface area contributed by atoms with Gasteiger partial charge in [0.05, 0.1) is 18.1 Å². The number of nitrogens with two attached hydrogens (primary N) is 1. The van der Waals surface area contributed by atoms with Gasteiger partial charge < -0.3 is 20.5 Å². The molecule has 3 N–H and O–H groups in total. The summed E-state index contributed by atoms with van der Waals surface area (Å²) in [5.41, 5.74) is 5.96. The number of aliphatic hydroxyl groups is 1. The minimum absolute atomic E-state index is 0.111. The Morgan fingerprint density at radius 3 is 2.44 bits per heavy atom. The smallest absolute Gasteiger partial charge is 0.286 e. The molecule has 0 radical (unpaired) electrons. The van der Waals surface area contributed by atoms with Crippen LogP contribution in [0.15, 0.2) is 48.7 Å². The van der Waals surface area contributed by atoms with E-state index in [1.54, 1.807) is 36.4 Å². The molecule has 1 aromatic heterocycles. The van der Waals surface area contributed by atoms with E-state index in [2.05, 4.69) is 4.98 Å². The van der Waals surface area contributed by atoms with Crippen LogP contribution < -0.4 is 10.6 Å². The molecular weight excluding hydrogens is 458 g/mol. The lowest BCUT2D eigenvalue weighted by Gasteiger charge is -2.40. The third-order valence-corrected chi connectivity index (χ3v) is 7.37. The Bertz CT molecular complexity index is 1020. The van der Waals surface area contributed by atoms with Gasteiger partial charge in [-0.2, -0.15) is 12.7 Å². The highest BCUT2D eigenvalue weighted by molar-refractivity contribution is 7.86. The van der Waals surface area contributed by atoms with Gasteiger partial charge in [0.2, 0.25) is 5.91 Å². The third kappa shape index (κ3) is 5.74. The van der Waals surface area contributed by atoms with Crippen LogP contribution in [0.25, 0.3) is 0 Å². The molecule has 1 amide bonds. The predicted octanol–water partition coefficient (Wildman–Crippen LogP) is 0.772. The fraction of sp³-hybridized carbons (Fsp3) is 0.400. The molecule has 0 aliphatic carbocycles. The van der Waals surface area contributed by atoms with E-state index in [1.165, 1.54) is 10.5 Å². The van der Waals surface area contributed by atoms with Gasteiger partial charge in [-0.25, -0.2) is 4.98 Å². The van der Waals surface area contributed by atoms with Crippen molar-refractivity contribution in [1.82, 2.24) is 13.6 Å². The summed E-state index contributed by atoms with van der Waals surface area (Å²) in [6, 6.07) is 12.4. The van der Waals surface area contributed by atoms with Gasteiger partial charge >= 0.3 is 0 Å². The molecule has 1 aromatic carbocycles. The topological polar surface area (TPSA) is 129 Å². The predicted molar refractivity (Wildman–Crippen MR) is 120 cm³/mol. The van der Waals surface area contributed by atoms with Crippen molar-refractivity contribution in [2.24, 2.45) is 5.73 Å². The standard InChI is InChI=1S/C20H26ClN5O5S/c1-24(20(28,13-18(22)27)31-15-16-5-3-2-4-6-16)32(29,30)26-11-9-25(10-12-26)19-8-7-17(21)14-23-19/h2-8,14,28H,9-13,15H2,1H3,(H2,22,27)/t20-/m0/s1. The van der Waals surface area contributed by atoms with Crippen LogP contribution >= 0.6 is 11.6 Å². The fourth-order valence-electron chi connectivity index (χ4n) is 3.31. The van der Waals surface area contributed by atoms with Gasteiger partial charge in [0, 0.05) is 39.4 Å². The monoisotopic (exact) mass is 483 g/mol. The quantitative estimate of drug-likeness (QED) is 0.504. The maximum atomic E-state index is 13.2. The molecule has 32 heavy (non-hydrogen) atoms. The van der Waals surface area contributed by atoms with Crippen molar-refractivity contribution in [3.05, 3.63) is 59.2 Å². The van der Waals surface area contributed by atoms with Crippen molar-refractivity contribution in [1.29, 1.82) is 0 Å².